The molecule has 1 N–H and O–H groups in total. The maximum atomic E-state index is 12.7. The number of carbonyl (C=O) groups excluding carboxylic acids is 2. The Hall–Kier alpha value is -2.50. The first-order chi connectivity index (χ1) is 13.5. The predicted octanol–water partition coefficient (Wildman–Crippen LogP) is 4.49. The van der Waals surface area contributed by atoms with Crippen molar-refractivity contribution in [2.45, 2.75) is 19.3 Å². The second-order valence-electron chi connectivity index (χ2n) is 6.28. The molecule has 0 fully saturated rings. The number of hydrogen-bond donors (Lipinski definition) is 1. The number of carbonyl (C=O) groups is 2. The Labute approximate surface area is 173 Å². The molecule has 28 heavy (non-hydrogen) atoms. The van der Waals surface area contributed by atoms with E-state index in [1.165, 1.54) is 0 Å². The molecule has 1 aliphatic heterocycles. The molecule has 0 radical (unpaired) electrons. The van der Waals surface area contributed by atoms with Crippen molar-refractivity contribution in [2.24, 2.45) is 0 Å². The van der Waals surface area contributed by atoms with Crippen LogP contribution >= 0.6 is 23.2 Å². The fraction of sp³-hybridized carbons (Fsp3) is 0.238. The third kappa shape index (κ3) is 4.66. The topological polar surface area (TPSA) is 64.6 Å². The van der Waals surface area contributed by atoms with Crippen LogP contribution < -0.4 is 10.1 Å². The highest BCUT2D eigenvalue weighted by atomic mass is 35.5. The Morgan fingerprint density at radius 1 is 1.11 bits per heavy atom. The smallest absolute Gasteiger partial charge is 0.336 e. The van der Waals surface area contributed by atoms with E-state index in [1.54, 1.807) is 25.1 Å². The van der Waals surface area contributed by atoms with Gasteiger partial charge in [-0.2, -0.15) is 0 Å². The molecule has 0 aromatic heterocycles. The molecule has 1 atom stereocenters. The van der Waals surface area contributed by atoms with E-state index in [4.69, 9.17) is 32.7 Å². The van der Waals surface area contributed by atoms with E-state index in [0.29, 0.717) is 32.6 Å². The summed E-state index contributed by atoms with van der Waals surface area (Å²) in [6.07, 6.45) is 0.0857. The highest BCUT2D eigenvalue weighted by Crippen LogP contribution is 2.39. The number of allylic oxidation sites excluding steroid dienone is 1. The molecule has 3 rings (SSSR count). The molecule has 2 aromatic rings. The number of hydrogen-bond acceptors (Lipinski definition) is 4. The van der Waals surface area contributed by atoms with Crippen molar-refractivity contribution in [2.75, 3.05) is 13.2 Å². The zero-order valence-corrected chi connectivity index (χ0v) is 16.7. The maximum absolute atomic E-state index is 12.7. The van der Waals surface area contributed by atoms with Gasteiger partial charge in [-0.25, -0.2) is 4.79 Å². The number of rotatable bonds is 6. The molecule has 1 aliphatic rings. The summed E-state index contributed by atoms with van der Waals surface area (Å²) >= 11 is 12.4. The summed E-state index contributed by atoms with van der Waals surface area (Å²) in [5.74, 6) is -0.539. The zero-order valence-electron chi connectivity index (χ0n) is 15.2. The van der Waals surface area contributed by atoms with E-state index in [-0.39, 0.29) is 25.5 Å². The van der Waals surface area contributed by atoms with Crippen molar-refractivity contribution in [3.05, 3.63) is 75.4 Å². The van der Waals surface area contributed by atoms with E-state index < -0.39 is 11.9 Å². The molecule has 0 bridgehead atoms. The van der Waals surface area contributed by atoms with Crippen molar-refractivity contribution in [1.82, 2.24) is 5.32 Å². The fourth-order valence-electron chi connectivity index (χ4n) is 3.12. The second-order valence-corrected chi connectivity index (χ2v) is 7.07. The maximum Gasteiger partial charge on any atom is 0.336 e. The van der Waals surface area contributed by atoms with Gasteiger partial charge in [0.05, 0.1) is 15.6 Å². The Bertz CT molecular complexity index is 912. The lowest BCUT2D eigenvalue weighted by Crippen LogP contribution is -2.34. The third-order valence-electron chi connectivity index (χ3n) is 4.37. The van der Waals surface area contributed by atoms with Gasteiger partial charge in [0, 0.05) is 18.0 Å². The summed E-state index contributed by atoms with van der Waals surface area (Å²) in [5.41, 5.74) is 1.44. The van der Waals surface area contributed by atoms with Gasteiger partial charge in [0.1, 0.15) is 19.0 Å². The number of para-hydroxylation sites is 1. The van der Waals surface area contributed by atoms with Crippen LogP contribution in [0.25, 0.3) is 0 Å². The average Bonchev–Trinajstić information content (AvgIpc) is 2.67. The molecule has 0 unspecified atom stereocenters. The standard InChI is InChI=1S/C21H19Cl2NO4/c1-13-19(21(26)28-11-10-27-14-6-3-2-4-7-14)16(12-18(25)24-13)15-8-5-9-17(22)20(15)23/h2-9,16H,10-12H2,1H3,(H,24,25)/t16-/m0/s1. The lowest BCUT2D eigenvalue weighted by Gasteiger charge is -2.27. The highest BCUT2D eigenvalue weighted by molar-refractivity contribution is 6.42. The second kappa shape index (κ2) is 9.13. The van der Waals surface area contributed by atoms with Gasteiger partial charge in [-0.05, 0) is 30.7 Å². The minimum atomic E-state index is -0.525. The number of esters is 1. The molecule has 0 aliphatic carbocycles. The quantitative estimate of drug-likeness (QED) is 0.553. The van der Waals surface area contributed by atoms with Crippen LogP contribution in [0.15, 0.2) is 59.8 Å². The van der Waals surface area contributed by atoms with Crippen LogP contribution in [0.4, 0.5) is 0 Å². The number of amides is 1. The van der Waals surface area contributed by atoms with Gasteiger partial charge in [-0.1, -0.05) is 53.5 Å². The number of ether oxygens (including phenoxy) is 2. The largest absolute Gasteiger partial charge is 0.490 e. The van der Waals surface area contributed by atoms with Gasteiger partial charge < -0.3 is 14.8 Å². The van der Waals surface area contributed by atoms with Crippen molar-refractivity contribution in [3.8, 4) is 5.75 Å². The first kappa shape index (κ1) is 20.2. The molecule has 1 amide bonds. The molecule has 7 heteroatoms. The Kier molecular flexibility index (Phi) is 6.60. The van der Waals surface area contributed by atoms with Crippen LogP contribution in [-0.4, -0.2) is 25.1 Å². The van der Waals surface area contributed by atoms with Gasteiger partial charge in [0.2, 0.25) is 5.91 Å². The Morgan fingerprint density at radius 3 is 2.61 bits per heavy atom. The third-order valence-corrected chi connectivity index (χ3v) is 5.21. The average molecular weight is 420 g/mol. The normalized spacial score (nSPS) is 16.5. The molecule has 5 nitrogen and oxygen atoms in total. The number of benzene rings is 2. The summed E-state index contributed by atoms with van der Waals surface area (Å²) in [5, 5.41) is 3.39. The molecule has 1 heterocycles. The molecule has 0 saturated carbocycles. The molecule has 0 spiro atoms. The van der Waals surface area contributed by atoms with Crippen LogP contribution in [0.1, 0.15) is 24.8 Å². The summed E-state index contributed by atoms with van der Waals surface area (Å²) in [7, 11) is 0. The summed E-state index contributed by atoms with van der Waals surface area (Å²) < 4.78 is 10.9. The minimum absolute atomic E-state index is 0.0778. The van der Waals surface area contributed by atoms with Gasteiger partial charge >= 0.3 is 5.97 Å². The van der Waals surface area contributed by atoms with Gasteiger partial charge in [-0.3, -0.25) is 4.79 Å². The molecule has 146 valence electrons. The van der Waals surface area contributed by atoms with E-state index in [2.05, 4.69) is 5.32 Å². The monoisotopic (exact) mass is 419 g/mol. The Balaban J connectivity index is 1.73. The summed E-state index contributed by atoms with van der Waals surface area (Å²) in [6.45, 7) is 1.96. The number of halogens is 2. The molecule has 2 aromatic carbocycles. The molecule has 0 saturated heterocycles. The van der Waals surface area contributed by atoms with Crippen molar-refractivity contribution in [1.29, 1.82) is 0 Å². The minimum Gasteiger partial charge on any atom is -0.490 e. The van der Waals surface area contributed by atoms with E-state index in [9.17, 15) is 9.59 Å². The van der Waals surface area contributed by atoms with Gasteiger partial charge in [0.25, 0.3) is 0 Å². The lowest BCUT2D eigenvalue weighted by atomic mass is 9.84. The van der Waals surface area contributed by atoms with Crippen LogP contribution in [0.3, 0.4) is 0 Å². The summed E-state index contributed by atoms with van der Waals surface area (Å²) in [6, 6.07) is 14.4. The first-order valence-corrected chi connectivity index (χ1v) is 9.52. The molecular weight excluding hydrogens is 401 g/mol. The van der Waals surface area contributed by atoms with Gasteiger partial charge in [0.15, 0.2) is 0 Å². The SMILES string of the molecule is CC1=C(C(=O)OCCOc2ccccc2)[C@H](c2cccc(Cl)c2Cl)CC(=O)N1. The fourth-order valence-corrected chi connectivity index (χ4v) is 3.55. The van der Waals surface area contributed by atoms with Crippen molar-refractivity contribution < 1.29 is 19.1 Å². The van der Waals surface area contributed by atoms with Crippen LogP contribution in [0.5, 0.6) is 5.75 Å². The number of nitrogens with one attached hydrogen (secondary N) is 1. The van der Waals surface area contributed by atoms with Crippen LogP contribution in [-0.2, 0) is 14.3 Å². The van der Waals surface area contributed by atoms with E-state index in [0.717, 1.165) is 0 Å². The van der Waals surface area contributed by atoms with Gasteiger partial charge in [-0.15, -0.1) is 0 Å². The summed E-state index contributed by atoms with van der Waals surface area (Å²) in [4.78, 5) is 24.8. The predicted molar refractivity (Wildman–Crippen MR) is 108 cm³/mol. The molecular formula is C21H19Cl2NO4. The Morgan fingerprint density at radius 2 is 1.86 bits per heavy atom. The highest BCUT2D eigenvalue weighted by Gasteiger charge is 2.34. The van der Waals surface area contributed by atoms with Crippen molar-refractivity contribution >= 4 is 35.1 Å². The zero-order chi connectivity index (χ0) is 20.1. The first-order valence-electron chi connectivity index (χ1n) is 8.77. The van der Waals surface area contributed by atoms with Crippen molar-refractivity contribution in [3.63, 3.8) is 0 Å². The van der Waals surface area contributed by atoms with Crippen LogP contribution in [0, 0.1) is 0 Å². The lowest BCUT2D eigenvalue weighted by molar-refractivity contribution is -0.140. The van der Waals surface area contributed by atoms with E-state index in [1.807, 2.05) is 30.3 Å². The van der Waals surface area contributed by atoms with Crippen LogP contribution in [0.2, 0.25) is 10.0 Å². The van der Waals surface area contributed by atoms with E-state index >= 15 is 0 Å².